The number of carbonyl (C=O) groups is 3. The highest BCUT2D eigenvalue weighted by molar-refractivity contribution is 6.17. The normalized spacial score (nSPS) is 23.8. The van der Waals surface area contributed by atoms with Gasteiger partial charge in [-0.3, -0.25) is 9.59 Å². The Morgan fingerprint density at radius 3 is 2.41 bits per heavy atom. The third-order valence-corrected chi connectivity index (χ3v) is 8.04. The summed E-state index contributed by atoms with van der Waals surface area (Å²) in [4.78, 5) is 56.7. The number of ether oxygens (including phenoxy) is 1. The van der Waals surface area contributed by atoms with Crippen molar-refractivity contribution in [1.82, 2.24) is 10.3 Å². The Morgan fingerprint density at radius 1 is 1.10 bits per heavy atom. The molecule has 2 N–H and O–H groups in total. The van der Waals surface area contributed by atoms with E-state index in [-0.39, 0.29) is 12.3 Å². The molecule has 1 atom stereocenters. The van der Waals surface area contributed by atoms with E-state index in [4.69, 9.17) is 4.74 Å². The summed E-state index contributed by atoms with van der Waals surface area (Å²) in [7, 11) is 0. The molecular formula is C31H35N5O5. The number of aryl methyl sites for hydroxylation is 2. The predicted molar refractivity (Wildman–Crippen MR) is 155 cm³/mol. The number of rotatable bonds is 6. The van der Waals surface area contributed by atoms with E-state index in [1.807, 2.05) is 43.1 Å². The van der Waals surface area contributed by atoms with Crippen molar-refractivity contribution >= 4 is 40.9 Å². The largest absolute Gasteiger partial charge is 0.459 e. The molecule has 2 aromatic rings. The first kappa shape index (κ1) is 28.3. The van der Waals surface area contributed by atoms with Crippen LogP contribution in [-0.2, 0) is 19.1 Å². The monoisotopic (exact) mass is 557 g/mol. The second kappa shape index (κ2) is 11.7. The summed E-state index contributed by atoms with van der Waals surface area (Å²) < 4.78 is 5.35. The molecule has 3 fully saturated rings. The van der Waals surface area contributed by atoms with E-state index in [0.29, 0.717) is 41.9 Å². The SMILES string of the molecule is CC(=O)OCC1=NC(C=C=O)(NC(=O)Nc2cccc(C)c2)C(=O)N(N2CC3CCC(CC3)C2)c2c(C)cccc21. The average Bonchev–Trinajstić information content (AvgIpc) is 3.29. The van der Waals surface area contributed by atoms with Crippen LogP contribution in [-0.4, -0.2) is 59.9 Å². The van der Waals surface area contributed by atoms with Gasteiger partial charge in [0.1, 0.15) is 12.5 Å². The van der Waals surface area contributed by atoms with Crippen molar-refractivity contribution in [2.75, 3.05) is 30.0 Å². The predicted octanol–water partition coefficient (Wildman–Crippen LogP) is 3.95. The van der Waals surface area contributed by atoms with Gasteiger partial charge in [-0.1, -0.05) is 30.3 Å². The molecule has 0 spiro atoms. The minimum atomic E-state index is -2.15. The summed E-state index contributed by atoms with van der Waals surface area (Å²) in [5.41, 5.74) is 1.52. The third kappa shape index (κ3) is 5.94. The molecule has 10 heteroatoms. The van der Waals surface area contributed by atoms with E-state index in [9.17, 15) is 19.2 Å². The smallest absolute Gasteiger partial charge is 0.321 e. The molecule has 2 aromatic carbocycles. The number of urea groups is 1. The van der Waals surface area contributed by atoms with Crippen LogP contribution in [0, 0.1) is 25.7 Å². The summed E-state index contributed by atoms with van der Waals surface area (Å²) in [6.45, 7) is 6.14. The molecule has 3 amide bonds. The number of esters is 1. The Balaban J connectivity index is 1.64. The van der Waals surface area contributed by atoms with Gasteiger partial charge in [0.15, 0.2) is 0 Å². The molecule has 0 aromatic heterocycles. The second-order valence-corrected chi connectivity index (χ2v) is 11.2. The number of hydrazine groups is 1. The Morgan fingerprint density at radius 2 is 1.78 bits per heavy atom. The fourth-order valence-electron chi connectivity index (χ4n) is 6.09. The lowest BCUT2D eigenvalue weighted by molar-refractivity contribution is -0.139. The number of para-hydroxylation sites is 1. The maximum atomic E-state index is 14.8. The number of nitrogens with zero attached hydrogens (tertiary/aromatic N) is 3. The lowest BCUT2D eigenvalue weighted by Gasteiger charge is -2.39. The van der Waals surface area contributed by atoms with E-state index in [2.05, 4.69) is 15.6 Å². The highest BCUT2D eigenvalue weighted by Crippen LogP contribution is 2.39. The molecular weight excluding hydrogens is 522 g/mol. The van der Waals surface area contributed by atoms with Crippen molar-refractivity contribution in [2.24, 2.45) is 16.8 Å². The van der Waals surface area contributed by atoms with Crippen LogP contribution in [0.3, 0.4) is 0 Å². The first-order chi connectivity index (χ1) is 19.7. The lowest BCUT2D eigenvalue weighted by Crippen LogP contribution is -2.62. The molecule has 10 nitrogen and oxygen atoms in total. The maximum absolute atomic E-state index is 14.8. The Hall–Kier alpha value is -4.27. The van der Waals surface area contributed by atoms with Gasteiger partial charge in [-0.25, -0.2) is 24.6 Å². The van der Waals surface area contributed by atoms with Crippen LogP contribution in [0.15, 0.2) is 53.5 Å². The number of hydrogen-bond donors (Lipinski definition) is 2. The van der Waals surface area contributed by atoms with Crippen LogP contribution in [0.1, 0.15) is 49.3 Å². The lowest BCUT2D eigenvalue weighted by atomic mass is 9.84. The first-order valence-corrected chi connectivity index (χ1v) is 14.0. The number of aliphatic imine (C=N–C) groups is 1. The van der Waals surface area contributed by atoms with Crippen LogP contribution >= 0.6 is 0 Å². The summed E-state index contributed by atoms with van der Waals surface area (Å²) in [5.74, 6) is 1.41. The molecule has 3 heterocycles. The van der Waals surface area contributed by atoms with E-state index in [1.165, 1.54) is 6.92 Å². The van der Waals surface area contributed by atoms with E-state index in [0.717, 1.165) is 42.9 Å². The van der Waals surface area contributed by atoms with Crippen LogP contribution in [0.4, 0.5) is 16.2 Å². The highest BCUT2D eigenvalue weighted by Gasteiger charge is 2.49. The molecule has 41 heavy (non-hydrogen) atoms. The van der Waals surface area contributed by atoms with E-state index < -0.39 is 23.6 Å². The number of benzene rings is 2. The molecule has 0 radical (unpaired) electrons. The summed E-state index contributed by atoms with van der Waals surface area (Å²) in [6.07, 6.45) is 5.30. The molecule has 6 rings (SSSR count). The van der Waals surface area contributed by atoms with Gasteiger partial charge >= 0.3 is 12.0 Å². The summed E-state index contributed by atoms with van der Waals surface area (Å²) in [6, 6.07) is 12.0. The number of amides is 3. The van der Waals surface area contributed by atoms with Crippen LogP contribution in [0.25, 0.3) is 0 Å². The van der Waals surface area contributed by atoms with Gasteiger partial charge in [0.25, 0.3) is 5.91 Å². The fraction of sp³-hybridized carbons (Fsp3) is 0.419. The number of nitrogens with one attached hydrogen (secondary N) is 2. The van der Waals surface area contributed by atoms with Crippen molar-refractivity contribution in [3.63, 3.8) is 0 Å². The Kier molecular flexibility index (Phi) is 8.06. The molecule has 2 saturated heterocycles. The molecule has 4 aliphatic rings. The number of anilines is 2. The van der Waals surface area contributed by atoms with Crippen molar-refractivity contribution in [2.45, 2.75) is 52.1 Å². The quantitative estimate of drug-likeness (QED) is 0.410. The first-order valence-electron chi connectivity index (χ1n) is 14.0. The minimum Gasteiger partial charge on any atom is -0.459 e. The molecule has 214 valence electrons. The van der Waals surface area contributed by atoms with Crippen molar-refractivity contribution in [3.8, 4) is 0 Å². The van der Waals surface area contributed by atoms with Crippen molar-refractivity contribution < 1.29 is 23.9 Å². The van der Waals surface area contributed by atoms with Gasteiger partial charge in [0, 0.05) is 31.3 Å². The number of fused-ring (bicyclic) bond motifs is 5. The van der Waals surface area contributed by atoms with Gasteiger partial charge in [0.05, 0.1) is 17.5 Å². The fourth-order valence-corrected chi connectivity index (χ4v) is 6.09. The topological polar surface area (TPSA) is 120 Å². The second-order valence-electron chi connectivity index (χ2n) is 11.2. The molecule has 1 saturated carbocycles. The molecule has 2 bridgehead atoms. The van der Waals surface area contributed by atoms with Gasteiger partial charge in [0.2, 0.25) is 5.66 Å². The van der Waals surface area contributed by atoms with E-state index >= 15 is 0 Å². The summed E-state index contributed by atoms with van der Waals surface area (Å²) in [5, 5.41) is 9.05. The standard InChI is InChI=1S/C31H35N5O5/c1-20-6-4-8-25(16-20)32-30(40)34-31(14-15-37)29(39)36(35-17-23-10-11-24(18-35)13-12-23)28-21(2)7-5-9-26(28)27(33-31)19-41-22(3)38/h4-9,14,16,23-24H,10-13,17-19H2,1-3H3,(H2,32,34,40). The van der Waals surface area contributed by atoms with Crippen LogP contribution in [0.5, 0.6) is 0 Å². The Labute approximate surface area is 239 Å². The van der Waals surface area contributed by atoms with Crippen LogP contribution in [0.2, 0.25) is 0 Å². The van der Waals surface area contributed by atoms with E-state index in [1.54, 1.807) is 29.1 Å². The van der Waals surface area contributed by atoms with Crippen LogP contribution < -0.4 is 15.6 Å². The number of carbonyl (C=O) groups excluding carboxylic acids is 4. The zero-order valence-electron chi connectivity index (χ0n) is 23.6. The van der Waals surface area contributed by atoms with Gasteiger partial charge in [-0.05, 0) is 74.6 Å². The van der Waals surface area contributed by atoms with Gasteiger partial charge in [-0.15, -0.1) is 0 Å². The zero-order chi connectivity index (χ0) is 29.1. The van der Waals surface area contributed by atoms with Crippen molar-refractivity contribution in [1.29, 1.82) is 0 Å². The zero-order valence-corrected chi connectivity index (χ0v) is 23.6. The highest BCUT2D eigenvalue weighted by atomic mass is 16.5. The molecule has 3 aliphatic heterocycles. The minimum absolute atomic E-state index is 0.245. The Bertz CT molecular complexity index is 1430. The molecule has 1 aliphatic carbocycles. The van der Waals surface area contributed by atoms with Gasteiger partial charge in [-0.2, -0.15) is 0 Å². The maximum Gasteiger partial charge on any atom is 0.321 e. The summed E-state index contributed by atoms with van der Waals surface area (Å²) >= 11 is 0. The third-order valence-electron chi connectivity index (χ3n) is 8.04. The molecule has 1 unspecified atom stereocenters. The number of benzodiazepines with no additional fused rings is 1. The average molecular weight is 558 g/mol. The van der Waals surface area contributed by atoms with Gasteiger partial charge < -0.3 is 15.4 Å². The number of hydrogen-bond acceptors (Lipinski definition) is 7. The van der Waals surface area contributed by atoms with Crippen molar-refractivity contribution in [3.05, 3.63) is 65.2 Å².